The van der Waals surface area contributed by atoms with E-state index in [1.54, 1.807) is 7.11 Å². The summed E-state index contributed by atoms with van der Waals surface area (Å²) in [6.07, 6.45) is 8.77. The first kappa shape index (κ1) is 18.7. The van der Waals surface area contributed by atoms with Crippen LogP contribution in [0.25, 0.3) is 0 Å². The summed E-state index contributed by atoms with van der Waals surface area (Å²) in [7, 11) is 1.74. The molecule has 0 aromatic heterocycles. The van der Waals surface area contributed by atoms with Crippen molar-refractivity contribution in [2.24, 2.45) is 17.8 Å². The Kier molecular flexibility index (Phi) is 6.40. The lowest BCUT2D eigenvalue weighted by molar-refractivity contribution is 0.0869. The van der Waals surface area contributed by atoms with Crippen LogP contribution in [0.15, 0.2) is 18.2 Å². The summed E-state index contributed by atoms with van der Waals surface area (Å²) in [5, 5.41) is 20.9. The molecule has 3 rings (SSSR count). The van der Waals surface area contributed by atoms with E-state index in [1.165, 1.54) is 24.0 Å². The largest absolute Gasteiger partial charge is 0.496 e. The number of fused-ring (bicyclic) bond motifs is 2. The lowest BCUT2D eigenvalue weighted by Crippen LogP contribution is -2.28. The first-order valence-electron chi connectivity index (χ1n) is 10.1. The molecule has 2 aliphatic rings. The van der Waals surface area contributed by atoms with Gasteiger partial charge in [-0.15, -0.1) is 0 Å². The highest BCUT2D eigenvalue weighted by Crippen LogP contribution is 2.48. The Balaban J connectivity index is 1.61. The number of ether oxygens (including phenoxy) is 1. The fourth-order valence-corrected chi connectivity index (χ4v) is 5.15. The van der Waals surface area contributed by atoms with Crippen LogP contribution in [0.2, 0.25) is 0 Å². The van der Waals surface area contributed by atoms with Crippen LogP contribution < -0.4 is 4.74 Å². The molecule has 3 heteroatoms. The molecular weight excluding hydrogens is 312 g/mol. The molecule has 5 atom stereocenters. The number of unbranched alkanes of at least 4 members (excludes halogenated alkanes) is 2. The lowest BCUT2D eigenvalue weighted by Gasteiger charge is -2.32. The van der Waals surface area contributed by atoms with Crippen LogP contribution in [0.5, 0.6) is 5.75 Å². The minimum Gasteiger partial charge on any atom is -0.496 e. The fourth-order valence-electron chi connectivity index (χ4n) is 5.15. The molecule has 2 N–H and O–H groups in total. The molecule has 1 aromatic rings. The highest BCUT2D eigenvalue weighted by Gasteiger charge is 2.44. The quantitative estimate of drug-likeness (QED) is 0.696. The zero-order valence-corrected chi connectivity index (χ0v) is 15.8. The van der Waals surface area contributed by atoms with E-state index in [0.29, 0.717) is 17.8 Å². The maximum Gasteiger partial charge on any atom is 0.122 e. The van der Waals surface area contributed by atoms with Gasteiger partial charge >= 0.3 is 0 Å². The van der Waals surface area contributed by atoms with Gasteiger partial charge in [-0.2, -0.15) is 0 Å². The standard InChI is InChI=1S/C22H34O3/c1-3-4-5-8-17(23)10-11-18-19-12-15-7-6-9-22(25-2)20(15)13-16(19)14-21(18)24/h6-7,9,16-19,21,23-24H,3-5,8,10-14H2,1-2H3/t16-,17+,18+,19-,21+/m0/s1. The van der Waals surface area contributed by atoms with Gasteiger partial charge in [0.2, 0.25) is 0 Å². The normalized spacial score (nSPS) is 29.1. The topological polar surface area (TPSA) is 49.7 Å². The van der Waals surface area contributed by atoms with Gasteiger partial charge in [-0.25, -0.2) is 0 Å². The van der Waals surface area contributed by atoms with Gasteiger partial charge in [0, 0.05) is 0 Å². The molecule has 140 valence electrons. The molecule has 0 amide bonds. The first-order chi connectivity index (χ1) is 12.1. The zero-order valence-electron chi connectivity index (χ0n) is 15.8. The zero-order chi connectivity index (χ0) is 17.8. The third kappa shape index (κ3) is 4.20. The third-order valence-electron chi connectivity index (χ3n) is 6.54. The summed E-state index contributed by atoms with van der Waals surface area (Å²) < 4.78 is 5.54. The van der Waals surface area contributed by atoms with Crippen LogP contribution in [0, 0.1) is 17.8 Å². The Bertz CT molecular complexity index is 556. The van der Waals surface area contributed by atoms with Crippen LogP contribution in [0.4, 0.5) is 0 Å². The predicted molar refractivity (Wildman–Crippen MR) is 101 cm³/mol. The van der Waals surface area contributed by atoms with Gasteiger partial charge < -0.3 is 14.9 Å². The Hall–Kier alpha value is -1.06. The highest BCUT2D eigenvalue weighted by molar-refractivity contribution is 5.43. The van der Waals surface area contributed by atoms with E-state index < -0.39 is 0 Å². The molecule has 0 unspecified atom stereocenters. The van der Waals surface area contributed by atoms with Crippen molar-refractivity contribution in [2.45, 2.75) is 76.9 Å². The van der Waals surface area contributed by atoms with Crippen LogP contribution in [-0.2, 0) is 12.8 Å². The first-order valence-corrected chi connectivity index (χ1v) is 10.1. The molecule has 1 saturated carbocycles. The van der Waals surface area contributed by atoms with Crippen molar-refractivity contribution in [3.63, 3.8) is 0 Å². The third-order valence-corrected chi connectivity index (χ3v) is 6.54. The molecule has 2 aliphatic carbocycles. The lowest BCUT2D eigenvalue weighted by atomic mass is 9.73. The molecule has 3 nitrogen and oxygen atoms in total. The minimum atomic E-state index is -0.210. The fraction of sp³-hybridized carbons (Fsp3) is 0.727. The van der Waals surface area contributed by atoms with E-state index in [0.717, 1.165) is 50.7 Å². The maximum absolute atomic E-state index is 10.6. The van der Waals surface area contributed by atoms with E-state index in [4.69, 9.17) is 4.74 Å². The second kappa shape index (κ2) is 8.55. The van der Waals surface area contributed by atoms with Crippen LogP contribution in [0.3, 0.4) is 0 Å². The molecule has 0 heterocycles. The average Bonchev–Trinajstić information content (AvgIpc) is 2.92. The smallest absolute Gasteiger partial charge is 0.122 e. The van der Waals surface area contributed by atoms with Gasteiger partial charge in [0.05, 0.1) is 19.3 Å². The van der Waals surface area contributed by atoms with Crippen LogP contribution in [0.1, 0.15) is 63.0 Å². The van der Waals surface area contributed by atoms with Gasteiger partial charge in [0.15, 0.2) is 0 Å². The van der Waals surface area contributed by atoms with Crippen molar-refractivity contribution in [3.05, 3.63) is 29.3 Å². The van der Waals surface area contributed by atoms with E-state index in [2.05, 4.69) is 25.1 Å². The Morgan fingerprint density at radius 1 is 1.20 bits per heavy atom. The average molecular weight is 347 g/mol. The molecule has 1 fully saturated rings. The second-order valence-corrected chi connectivity index (χ2v) is 8.12. The number of aliphatic hydroxyl groups excluding tert-OH is 2. The SMILES string of the molecule is CCCCC[C@@H](O)CC[C@@H]1[C@H]2Cc3cccc(OC)c3C[C@H]2C[C@H]1O. The number of benzene rings is 1. The molecule has 0 bridgehead atoms. The Morgan fingerprint density at radius 2 is 2.04 bits per heavy atom. The summed E-state index contributed by atoms with van der Waals surface area (Å²) in [5.41, 5.74) is 2.74. The van der Waals surface area contributed by atoms with Crippen molar-refractivity contribution in [1.82, 2.24) is 0 Å². The van der Waals surface area contributed by atoms with Gasteiger partial charge in [-0.05, 0) is 73.5 Å². The number of hydrogen-bond donors (Lipinski definition) is 2. The van der Waals surface area contributed by atoms with Gasteiger partial charge in [0.25, 0.3) is 0 Å². The summed E-state index contributed by atoms with van der Waals surface area (Å²) in [5.74, 6) is 2.45. The number of aliphatic hydroxyl groups is 2. The van der Waals surface area contributed by atoms with Crippen molar-refractivity contribution >= 4 is 0 Å². The summed E-state index contributed by atoms with van der Waals surface area (Å²) in [6, 6.07) is 6.35. The minimum absolute atomic E-state index is 0.200. The molecule has 1 aromatic carbocycles. The second-order valence-electron chi connectivity index (χ2n) is 8.12. The van der Waals surface area contributed by atoms with Crippen molar-refractivity contribution in [2.75, 3.05) is 7.11 Å². The molecule has 25 heavy (non-hydrogen) atoms. The van der Waals surface area contributed by atoms with Crippen molar-refractivity contribution in [1.29, 1.82) is 0 Å². The molecule has 0 radical (unpaired) electrons. The van der Waals surface area contributed by atoms with Crippen molar-refractivity contribution in [3.8, 4) is 5.75 Å². The molecule has 0 aliphatic heterocycles. The predicted octanol–water partition coefficient (Wildman–Crippen LogP) is 4.13. The number of rotatable bonds is 8. The van der Waals surface area contributed by atoms with Gasteiger partial charge in [-0.3, -0.25) is 0 Å². The number of methoxy groups -OCH3 is 1. The van der Waals surface area contributed by atoms with Gasteiger partial charge in [-0.1, -0.05) is 38.3 Å². The van der Waals surface area contributed by atoms with Crippen molar-refractivity contribution < 1.29 is 14.9 Å². The van der Waals surface area contributed by atoms with E-state index in [-0.39, 0.29) is 12.2 Å². The van der Waals surface area contributed by atoms with E-state index >= 15 is 0 Å². The van der Waals surface area contributed by atoms with Gasteiger partial charge in [0.1, 0.15) is 5.75 Å². The highest BCUT2D eigenvalue weighted by atomic mass is 16.5. The summed E-state index contributed by atoms with van der Waals surface area (Å²) >= 11 is 0. The summed E-state index contributed by atoms with van der Waals surface area (Å²) in [6.45, 7) is 2.19. The Labute approximate surface area is 152 Å². The Morgan fingerprint density at radius 3 is 2.80 bits per heavy atom. The molecular formula is C22H34O3. The van der Waals surface area contributed by atoms with E-state index in [9.17, 15) is 10.2 Å². The molecule has 0 spiro atoms. The van der Waals surface area contributed by atoms with Crippen LogP contribution >= 0.6 is 0 Å². The van der Waals surface area contributed by atoms with Crippen LogP contribution in [-0.4, -0.2) is 29.5 Å². The summed E-state index contributed by atoms with van der Waals surface area (Å²) in [4.78, 5) is 0. The monoisotopic (exact) mass is 346 g/mol. The number of hydrogen-bond acceptors (Lipinski definition) is 3. The van der Waals surface area contributed by atoms with E-state index in [1.807, 2.05) is 0 Å². The molecule has 0 saturated heterocycles. The maximum atomic E-state index is 10.6.